The van der Waals surface area contributed by atoms with Crippen LogP contribution in [-0.2, 0) is 18.4 Å². The Bertz CT molecular complexity index is 742. The third-order valence-corrected chi connectivity index (χ3v) is 5.65. The molecule has 2 aliphatic rings. The molecule has 2 fully saturated rings. The Morgan fingerprint density at radius 1 is 1.42 bits per heavy atom. The van der Waals surface area contributed by atoms with Crippen LogP contribution in [0.3, 0.4) is 0 Å². The van der Waals surface area contributed by atoms with Crippen LogP contribution in [0.1, 0.15) is 30.5 Å². The van der Waals surface area contributed by atoms with Crippen LogP contribution in [0.15, 0.2) is 16.9 Å². The van der Waals surface area contributed by atoms with E-state index in [0.717, 1.165) is 18.5 Å². The number of fused-ring (bicyclic) bond motifs is 1. The van der Waals surface area contributed by atoms with E-state index in [4.69, 9.17) is 0 Å². The highest BCUT2D eigenvalue weighted by Gasteiger charge is 2.55. The number of nitrogens with zero attached hydrogens (tertiary/aromatic N) is 2. The molecular weight excluding hydrogens is 310 g/mol. The number of carboxylic acid groups (broad SMARTS) is 1. The Labute approximate surface area is 140 Å². The van der Waals surface area contributed by atoms with Crippen LogP contribution in [0, 0.1) is 18.3 Å². The van der Waals surface area contributed by atoms with Crippen molar-refractivity contribution in [2.45, 2.75) is 32.7 Å². The molecular formula is C17H23N3O4. The smallest absolute Gasteiger partial charge is 0.317 e. The number of pyridine rings is 1. The van der Waals surface area contributed by atoms with E-state index in [9.17, 15) is 19.5 Å². The van der Waals surface area contributed by atoms with Gasteiger partial charge in [-0.2, -0.15) is 0 Å². The average molecular weight is 333 g/mol. The summed E-state index contributed by atoms with van der Waals surface area (Å²) in [6.07, 6.45) is 2.40. The van der Waals surface area contributed by atoms with Gasteiger partial charge in [0.15, 0.2) is 0 Å². The number of hydrogen-bond donors (Lipinski definition) is 2. The molecule has 7 heteroatoms. The number of aryl methyl sites for hydroxylation is 1. The molecule has 1 aromatic rings. The summed E-state index contributed by atoms with van der Waals surface area (Å²) in [6, 6.07) is 3.26. The molecule has 130 valence electrons. The van der Waals surface area contributed by atoms with E-state index in [1.807, 2.05) is 13.0 Å². The lowest BCUT2D eigenvalue weighted by molar-refractivity contribution is -0.149. The minimum Gasteiger partial charge on any atom is -0.481 e. The highest BCUT2D eigenvalue weighted by Crippen LogP contribution is 2.48. The summed E-state index contributed by atoms with van der Waals surface area (Å²) in [7, 11) is 1.70. The van der Waals surface area contributed by atoms with Gasteiger partial charge >= 0.3 is 12.0 Å². The third-order valence-electron chi connectivity index (χ3n) is 5.65. The number of urea groups is 1. The Morgan fingerprint density at radius 2 is 2.17 bits per heavy atom. The highest BCUT2D eigenvalue weighted by molar-refractivity contribution is 5.80. The Hall–Kier alpha value is -2.31. The average Bonchev–Trinajstić information content (AvgIpc) is 3.10. The molecule has 3 rings (SSSR count). The fraction of sp³-hybridized carbons (Fsp3) is 0.588. The monoisotopic (exact) mass is 333 g/mol. The molecule has 0 spiro atoms. The minimum atomic E-state index is -0.798. The largest absolute Gasteiger partial charge is 0.481 e. The Kier molecular flexibility index (Phi) is 4.11. The number of aliphatic carboxylic acids is 1. The first kappa shape index (κ1) is 16.5. The van der Waals surface area contributed by atoms with E-state index in [1.165, 1.54) is 0 Å². The quantitative estimate of drug-likeness (QED) is 0.866. The van der Waals surface area contributed by atoms with Gasteiger partial charge in [0, 0.05) is 37.9 Å². The van der Waals surface area contributed by atoms with Crippen LogP contribution in [-0.4, -0.2) is 39.7 Å². The number of amides is 2. The molecule has 0 radical (unpaired) electrons. The van der Waals surface area contributed by atoms with Crippen molar-refractivity contribution < 1.29 is 14.7 Å². The number of carbonyl (C=O) groups is 2. The molecule has 1 saturated heterocycles. The highest BCUT2D eigenvalue weighted by atomic mass is 16.4. The van der Waals surface area contributed by atoms with E-state index in [-0.39, 0.29) is 30.6 Å². The molecule has 2 heterocycles. The number of nitrogens with one attached hydrogen (secondary N) is 1. The van der Waals surface area contributed by atoms with E-state index in [2.05, 4.69) is 5.32 Å². The fourth-order valence-electron chi connectivity index (χ4n) is 3.99. The van der Waals surface area contributed by atoms with Gasteiger partial charge < -0.3 is 19.9 Å². The Balaban J connectivity index is 1.66. The molecule has 7 nitrogen and oxygen atoms in total. The van der Waals surface area contributed by atoms with Crippen LogP contribution >= 0.6 is 0 Å². The van der Waals surface area contributed by atoms with Gasteiger partial charge in [0.05, 0.1) is 5.41 Å². The van der Waals surface area contributed by atoms with Gasteiger partial charge in [0.25, 0.3) is 5.56 Å². The van der Waals surface area contributed by atoms with Gasteiger partial charge in [0.1, 0.15) is 0 Å². The van der Waals surface area contributed by atoms with Gasteiger partial charge in [-0.15, -0.1) is 0 Å². The van der Waals surface area contributed by atoms with Crippen molar-refractivity contribution >= 4 is 12.0 Å². The Morgan fingerprint density at radius 3 is 2.83 bits per heavy atom. The zero-order chi connectivity index (χ0) is 17.5. The summed E-state index contributed by atoms with van der Waals surface area (Å²) < 4.78 is 1.54. The topological polar surface area (TPSA) is 91.6 Å². The van der Waals surface area contributed by atoms with Crippen molar-refractivity contribution in [3.8, 4) is 0 Å². The normalized spacial score (nSPS) is 25.6. The predicted octanol–water partition coefficient (Wildman–Crippen LogP) is 1.09. The number of aromatic nitrogens is 1. The molecule has 2 N–H and O–H groups in total. The number of rotatable bonds is 3. The maximum atomic E-state index is 12.4. The number of carbonyl (C=O) groups excluding carboxylic acids is 1. The van der Waals surface area contributed by atoms with Crippen LogP contribution < -0.4 is 10.9 Å². The minimum absolute atomic E-state index is 0.0352. The van der Waals surface area contributed by atoms with Crippen molar-refractivity contribution in [3.05, 3.63) is 33.7 Å². The molecule has 1 aromatic heterocycles. The summed E-state index contributed by atoms with van der Waals surface area (Å²) in [6.45, 7) is 2.72. The fourth-order valence-corrected chi connectivity index (χ4v) is 3.99. The molecule has 1 saturated carbocycles. The molecule has 2 atom stereocenters. The van der Waals surface area contributed by atoms with Crippen LogP contribution in [0.4, 0.5) is 4.79 Å². The van der Waals surface area contributed by atoms with E-state index >= 15 is 0 Å². The molecule has 0 unspecified atom stereocenters. The lowest BCUT2D eigenvalue weighted by atomic mass is 9.81. The first-order chi connectivity index (χ1) is 11.3. The molecule has 24 heavy (non-hydrogen) atoms. The second kappa shape index (κ2) is 5.96. The van der Waals surface area contributed by atoms with Crippen LogP contribution in [0.5, 0.6) is 0 Å². The number of likely N-dealkylation sites (tertiary alicyclic amines) is 1. The number of hydrogen-bond acceptors (Lipinski definition) is 3. The third kappa shape index (κ3) is 2.57. The first-order valence-corrected chi connectivity index (χ1v) is 8.27. The van der Waals surface area contributed by atoms with Crippen molar-refractivity contribution in [3.63, 3.8) is 0 Å². The van der Waals surface area contributed by atoms with E-state index in [1.54, 1.807) is 22.6 Å². The zero-order valence-electron chi connectivity index (χ0n) is 14.0. The standard InChI is InChI=1S/C17H23N3O4/c1-11-5-6-12(14(21)19(11)2)8-18-16(24)20-9-13-4-3-7-17(13,10-20)15(22)23/h5-6,13H,3-4,7-10H2,1-2H3,(H,18,24)(H,22,23)/t13-,17+/m0/s1. The molecule has 2 amide bonds. The summed E-state index contributed by atoms with van der Waals surface area (Å²) in [5, 5.41) is 12.3. The second-order valence-corrected chi connectivity index (χ2v) is 6.95. The number of carboxylic acids is 1. The van der Waals surface area contributed by atoms with Gasteiger partial charge in [-0.05, 0) is 31.7 Å². The van der Waals surface area contributed by atoms with Gasteiger partial charge in [-0.1, -0.05) is 12.5 Å². The van der Waals surface area contributed by atoms with Crippen LogP contribution in [0.25, 0.3) is 0 Å². The maximum Gasteiger partial charge on any atom is 0.317 e. The maximum absolute atomic E-state index is 12.4. The van der Waals surface area contributed by atoms with Gasteiger partial charge in [0.2, 0.25) is 0 Å². The molecule has 0 bridgehead atoms. The van der Waals surface area contributed by atoms with Crippen LogP contribution in [0.2, 0.25) is 0 Å². The second-order valence-electron chi connectivity index (χ2n) is 6.95. The van der Waals surface area contributed by atoms with Crippen molar-refractivity contribution in [1.82, 2.24) is 14.8 Å². The predicted molar refractivity (Wildman–Crippen MR) is 87.6 cm³/mol. The molecule has 1 aliphatic heterocycles. The summed E-state index contributed by atoms with van der Waals surface area (Å²) >= 11 is 0. The van der Waals surface area contributed by atoms with E-state index in [0.29, 0.717) is 18.5 Å². The zero-order valence-corrected chi connectivity index (χ0v) is 14.0. The molecule has 0 aromatic carbocycles. The van der Waals surface area contributed by atoms with Crippen molar-refractivity contribution in [2.75, 3.05) is 13.1 Å². The first-order valence-electron chi connectivity index (χ1n) is 8.27. The lowest BCUT2D eigenvalue weighted by Crippen LogP contribution is -2.42. The van der Waals surface area contributed by atoms with E-state index < -0.39 is 11.4 Å². The summed E-state index contributed by atoms with van der Waals surface area (Å²) in [5.41, 5.74) is 0.461. The summed E-state index contributed by atoms with van der Waals surface area (Å²) in [4.78, 5) is 37.8. The summed E-state index contributed by atoms with van der Waals surface area (Å²) in [5.74, 6) is -0.763. The van der Waals surface area contributed by atoms with Gasteiger partial charge in [-0.3, -0.25) is 9.59 Å². The molecule has 1 aliphatic carbocycles. The van der Waals surface area contributed by atoms with Crippen molar-refractivity contribution in [2.24, 2.45) is 18.4 Å². The van der Waals surface area contributed by atoms with Gasteiger partial charge in [-0.25, -0.2) is 4.79 Å². The van der Waals surface area contributed by atoms with Crippen molar-refractivity contribution in [1.29, 1.82) is 0 Å². The SMILES string of the molecule is Cc1ccc(CNC(=O)N2C[C@@H]3CCC[C@@]3(C(=O)O)C2)c(=O)n1C. The lowest BCUT2D eigenvalue weighted by Gasteiger charge is -2.23.